The highest BCUT2D eigenvalue weighted by molar-refractivity contribution is 5.53. The number of aromatic nitrogens is 2. The molecule has 27 heavy (non-hydrogen) atoms. The van der Waals surface area contributed by atoms with Crippen molar-refractivity contribution in [3.8, 4) is 17.1 Å². The molecule has 1 aromatic heterocycles. The lowest BCUT2D eigenvalue weighted by atomic mass is 10.0. The van der Waals surface area contributed by atoms with Gasteiger partial charge in [-0.25, -0.2) is 4.39 Å². The van der Waals surface area contributed by atoms with Crippen LogP contribution in [0.2, 0.25) is 0 Å². The molecule has 0 spiro atoms. The number of nitrogens with zero attached hydrogens (tertiary/aromatic N) is 3. The number of hydrogen-bond donors (Lipinski definition) is 0. The number of hydrogen-bond acceptors (Lipinski definition) is 5. The fourth-order valence-corrected chi connectivity index (χ4v) is 3.55. The zero-order valence-corrected chi connectivity index (χ0v) is 15.3. The molecule has 2 aromatic carbocycles. The van der Waals surface area contributed by atoms with E-state index < -0.39 is 0 Å². The first kappa shape index (κ1) is 17.7. The second-order valence-electron chi connectivity index (χ2n) is 6.65. The summed E-state index contributed by atoms with van der Waals surface area (Å²) in [6, 6.07) is 14.7. The van der Waals surface area contributed by atoms with Crippen LogP contribution in [-0.2, 0) is 6.54 Å². The van der Waals surface area contributed by atoms with E-state index in [0.29, 0.717) is 30.9 Å². The Morgan fingerprint density at radius 1 is 1.15 bits per heavy atom. The van der Waals surface area contributed by atoms with Crippen LogP contribution in [0.1, 0.15) is 37.3 Å². The van der Waals surface area contributed by atoms with Gasteiger partial charge in [-0.15, -0.1) is 0 Å². The molecule has 0 amide bonds. The molecule has 6 heteroatoms. The van der Waals surface area contributed by atoms with E-state index in [1.54, 1.807) is 12.1 Å². The van der Waals surface area contributed by atoms with E-state index in [4.69, 9.17) is 9.26 Å². The Bertz CT molecular complexity index is 877. The smallest absolute Gasteiger partial charge is 0.241 e. The summed E-state index contributed by atoms with van der Waals surface area (Å²) in [5, 5.41) is 4.04. The predicted octanol–water partition coefficient (Wildman–Crippen LogP) is 4.61. The van der Waals surface area contributed by atoms with Crippen molar-refractivity contribution in [2.75, 3.05) is 13.2 Å². The fourth-order valence-electron chi connectivity index (χ4n) is 3.55. The van der Waals surface area contributed by atoms with Crippen molar-refractivity contribution < 1.29 is 13.7 Å². The van der Waals surface area contributed by atoms with Crippen molar-refractivity contribution >= 4 is 0 Å². The number of ether oxygens (including phenoxy) is 1. The number of benzene rings is 2. The quantitative estimate of drug-likeness (QED) is 0.637. The second-order valence-corrected chi connectivity index (χ2v) is 6.65. The van der Waals surface area contributed by atoms with Crippen LogP contribution in [0, 0.1) is 5.82 Å². The Morgan fingerprint density at radius 2 is 1.93 bits per heavy atom. The van der Waals surface area contributed by atoms with Gasteiger partial charge >= 0.3 is 0 Å². The summed E-state index contributed by atoms with van der Waals surface area (Å²) in [6.45, 7) is 4.25. The normalized spacial score (nSPS) is 17.3. The van der Waals surface area contributed by atoms with Crippen LogP contribution in [0.3, 0.4) is 0 Å². The molecule has 0 saturated carbocycles. The van der Waals surface area contributed by atoms with Gasteiger partial charge in [0, 0.05) is 11.6 Å². The first-order valence-corrected chi connectivity index (χ1v) is 9.28. The van der Waals surface area contributed by atoms with E-state index in [2.05, 4.69) is 27.2 Å². The zero-order chi connectivity index (χ0) is 18.6. The zero-order valence-electron chi connectivity index (χ0n) is 15.3. The van der Waals surface area contributed by atoms with Gasteiger partial charge in [-0.05, 0) is 68.3 Å². The topological polar surface area (TPSA) is 51.4 Å². The predicted molar refractivity (Wildman–Crippen MR) is 99.7 cm³/mol. The highest BCUT2D eigenvalue weighted by Crippen LogP contribution is 2.34. The fraction of sp³-hybridized carbons (Fsp3) is 0.333. The molecule has 0 N–H and O–H groups in total. The summed E-state index contributed by atoms with van der Waals surface area (Å²) in [7, 11) is 0. The van der Waals surface area contributed by atoms with E-state index in [0.717, 1.165) is 30.7 Å². The molecule has 1 saturated heterocycles. The lowest BCUT2D eigenvalue weighted by Gasteiger charge is -2.23. The van der Waals surface area contributed by atoms with Gasteiger partial charge in [0.25, 0.3) is 0 Å². The van der Waals surface area contributed by atoms with Crippen molar-refractivity contribution in [3.05, 3.63) is 65.8 Å². The monoisotopic (exact) mass is 367 g/mol. The van der Waals surface area contributed by atoms with Crippen LogP contribution in [0.4, 0.5) is 4.39 Å². The molecule has 1 fully saturated rings. The van der Waals surface area contributed by atoms with Gasteiger partial charge < -0.3 is 9.26 Å². The maximum Gasteiger partial charge on any atom is 0.241 e. The van der Waals surface area contributed by atoms with Crippen molar-refractivity contribution in [1.29, 1.82) is 0 Å². The van der Waals surface area contributed by atoms with E-state index in [1.165, 1.54) is 17.7 Å². The van der Waals surface area contributed by atoms with Crippen molar-refractivity contribution in [2.45, 2.75) is 32.4 Å². The molecule has 140 valence electrons. The van der Waals surface area contributed by atoms with Crippen LogP contribution >= 0.6 is 0 Å². The molecule has 0 bridgehead atoms. The summed E-state index contributed by atoms with van der Waals surface area (Å²) in [5.74, 6) is 1.68. The highest BCUT2D eigenvalue weighted by atomic mass is 19.1. The average molecular weight is 367 g/mol. The van der Waals surface area contributed by atoms with Gasteiger partial charge in [0.05, 0.1) is 13.2 Å². The van der Waals surface area contributed by atoms with Gasteiger partial charge in [0.15, 0.2) is 0 Å². The van der Waals surface area contributed by atoms with Gasteiger partial charge in [-0.1, -0.05) is 17.3 Å². The van der Waals surface area contributed by atoms with Crippen molar-refractivity contribution in [1.82, 2.24) is 15.0 Å². The van der Waals surface area contributed by atoms with E-state index in [9.17, 15) is 4.39 Å². The van der Waals surface area contributed by atoms with Gasteiger partial charge in [0.1, 0.15) is 11.6 Å². The van der Waals surface area contributed by atoms with Gasteiger partial charge in [0.2, 0.25) is 11.7 Å². The number of rotatable bonds is 6. The number of likely N-dealkylation sites (tertiary alicyclic amines) is 1. The molecule has 0 unspecified atom stereocenters. The Morgan fingerprint density at radius 3 is 2.67 bits per heavy atom. The maximum atomic E-state index is 13.1. The van der Waals surface area contributed by atoms with Gasteiger partial charge in [-0.3, -0.25) is 4.90 Å². The molecule has 5 nitrogen and oxygen atoms in total. The summed E-state index contributed by atoms with van der Waals surface area (Å²) in [5.41, 5.74) is 2.02. The summed E-state index contributed by atoms with van der Waals surface area (Å²) >= 11 is 0. The minimum Gasteiger partial charge on any atom is -0.494 e. The van der Waals surface area contributed by atoms with E-state index >= 15 is 0 Å². The van der Waals surface area contributed by atoms with Crippen LogP contribution in [0.5, 0.6) is 5.75 Å². The largest absolute Gasteiger partial charge is 0.494 e. The second kappa shape index (κ2) is 7.88. The van der Waals surface area contributed by atoms with Crippen molar-refractivity contribution in [2.24, 2.45) is 0 Å². The Hall–Kier alpha value is -2.73. The first-order valence-electron chi connectivity index (χ1n) is 9.28. The molecule has 3 aromatic rings. The lowest BCUT2D eigenvalue weighted by Crippen LogP contribution is -2.22. The highest BCUT2D eigenvalue weighted by Gasteiger charge is 2.27. The maximum absolute atomic E-state index is 13.1. The molecule has 0 radical (unpaired) electrons. The summed E-state index contributed by atoms with van der Waals surface area (Å²) in [4.78, 5) is 6.84. The third kappa shape index (κ3) is 4.01. The van der Waals surface area contributed by atoms with Crippen LogP contribution in [-0.4, -0.2) is 28.2 Å². The minimum absolute atomic E-state index is 0.280. The molecule has 0 aliphatic carbocycles. The Balaban J connectivity index is 1.46. The SMILES string of the molecule is CCOc1ccc([C@@H]2CCCN2Cc2nc(-c3ccc(F)cc3)no2)cc1. The third-order valence-corrected chi connectivity index (χ3v) is 4.85. The summed E-state index contributed by atoms with van der Waals surface area (Å²) in [6.07, 6.45) is 2.24. The molecule has 4 rings (SSSR count). The Kier molecular flexibility index (Phi) is 5.16. The third-order valence-electron chi connectivity index (χ3n) is 4.85. The minimum atomic E-state index is -0.280. The molecular formula is C21H22FN3O2. The molecular weight excluding hydrogens is 345 g/mol. The van der Waals surface area contributed by atoms with E-state index in [1.807, 2.05) is 19.1 Å². The van der Waals surface area contributed by atoms with E-state index in [-0.39, 0.29) is 5.82 Å². The molecule has 1 atom stereocenters. The first-order chi connectivity index (χ1) is 13.2. The standard InChI is InChI=1S/C21H22FN3O2/c1-2-26-18-11-7-15(8-12-18)19-4-3-13-25(19)14-20-23-21(24-27-20)16-5-9-17(22)10-6-16/h5-12,19H,2-4,13-14H2,1H3/t19-/m0/s1. The average Bonchev–Trinajstić information content (AvgIpc) is 3.34. The van der Waals surface area contributed by atoms with Crippen LogP contribution < -0.4 is 4.74 Å². The molecule has 1 aliphatic rings. The lowest BCUT2D eigenvalue weighted by molar-refractivity contribution is 0.212. The Labute approximate surface area is 157 Å². The van der Waals surface area contributed by atoms with Crippen LogP contribution in [0.15, 0.2) is 53.1 Å². The van der Waals surface area contributed by atoms with Crippen LogP contribution in [0.25, 0.3) is 11.4 Å². The van der Waals surface area contributed by atoms with Gasteiger partial charge in [-0.2, -0.15) is 4.98 Å². The summed E-state index contributed by atoms with van der Waals surface area (Å²) < 4.78 is 24.0. The number of halogens is 1. The van der Waals surface area contributed by atoms with Crippen molar-refractivity contribution in [3.63, 3.8) is 0 Å². The molecule has 1 aliphatic heterocycles. The molecule has 2 heterocycles.